The molecule has 160 valence electrons. The van der Waals surface area contributed by atoms with Crippen molar-refractivity contribution in [2.24, 2.45) is 0 Å². The van der Waals surface area contributed by atoms with Gasteiger partial charge >= 0.3 is 0 Å². The summed E-state index contributed by atoms with van der Waals surface area (Å²) in [4.78, 5) is 14.2. The van der Waals surface area contributed by atoms with Gasteiger partial charge in [0.2, 0.25) is 11.5 Å². The lowest BCUT2D eigenvalue weighted by molar-refractivity contribution is -0.910. The molecule has 0 radical (unpaired) electrons. The molecule has 1 aliphatic rings. The molecule has 1 heterocycles. The Balaban J connectivity index is 2.01. The fourth-order valence-corrected chi connectivity index (χ4v) is 3.55. The second kappa shape index (κ2) is 9.09. The molecule has 0 fully saturated rings. The highest BCUT2D eigenvalue weighted by Crippen LogP contribution is 2.41. The quantitative estimate of drug-likeness (QED) is 0.646. The Bertz CT molecular complexity index is 953. The SMILES string of the molecule is CC[NH+](CC)Cc1c(O)ccc2c1OC(=Cc1cc(OC)c(OC)c(OC)c1)C2=O. The molecule has 0 bridgehead atoms. The van der Waals surface area contributed by atoms with E-state index in [-0.39, 0.29) is 17.3 Å². The average Bonchev–Trinajstić information content (AvgIpc) is 3.07. The Morgan fingerprint density at radius 1 is 1.03 bits per heavy atom. The third kappa shape index (κ3) is 3.93. The molecular formula is C23H28NO6+. The number of phenols is 1. The zero-order chi connectivity index (χ0) is 21.8. The third-order valence-electron chi connectivity index (χ3n) is 5.33. The molecule has 0 saturated carbocycles. The lowest BCUT2D eigenvalue weighted by atomic mass is 10.0. The van der Waals surface area contributed by atoms with E-state index >= 15 is 0 Å². The number of carbonyl (C=O) groups is 1. The molecule has 0 saturated heterocycles. The number of allylic oxidation sites excluding steroid dienone is 1. The number of phenolic OH excluding ortho intramolecular Hbond substituents is 1. The molecule has 0 aromatic heterocycles. The van der Waals surface area contributed by atoms with E-state index < -0.39 is 0 Å². The molecule has 2 N–H and O–H groups in total. The summed E-state index contributed by atoms with van der Waals surface area (Å²) in [5, 5.41) is 10.4. The van der Waals surface area contributed by atoms with Gasteiger partial charge in [0.05, 0.1) is 45.5 Å². The number of ether oxygens (including phenoxy) is 4. The van der Waals surface area contributed by atoms with Crippen LogP contribution < -0.4 is 23.8 Å². The van der Waals surface area contributed by atoms with Crippen molar-refractivity contribution in [3.05, 3.63) is 46.7 Å². The van der Waals surface area contributed by atoms with Gasteiger partial charge in [0.25, 0.3) is 0 Å². The molecule has 2 aromatic rings. The number of fused-ring (bicyclic) bond motifs is 1. The van der Waals surface area contributed by atoms with E-state index in [9.17, 15) is 9.90 Å². The van der Waals surface area contributed by atoms with Crippen LogP contribution >= 0.6 is 0 Å². The lowest BCUT2D eigenvalue weighted by Crippen LogP contribution is -3.10. The van der Waals surface area contributed by atoms with Crippen LogP contribution in [0.4, 0.5) is 0 Å². The molecular weight excluding hydrogens is 386 g/mol. The Morgan fingerprint density at radius 3 is 2.20 bits per heavy atom. The number of hydrogen-bond donors (Lipinski definition) is 2. The number of ketones is 1. The molecule has 0 aliphatic carbocycles. The molecule has 0 spiro atoms. The van der Waals surface area contributed by atoms with Crippen molar-refractivity contribution in [1.29, 1.82) is 0 Å². The van der Waals surface area contributed by atoms with E-state index in [1.165, 1.54) is 26.2 Å². The fourth-order valence-electron chi connectivity index (χ4n) is 3.55. The van der Waals surface area contributed by atoms with Crippen molar-refractivity contribution in [2.75, 3.05) is 34.4 Å². The van der Waals surface area contributed by atoms with Gasteiger partial charge in [0.15, 0.2) is 23.0 Å². The summed E-state index contributed by atoms with van der Waals surface area (Å²) in [6.45, 7) is 6.55. The number of nitrogens with one attached hydrogen (secondary N) is 1. The lowest BCUT2D eigenvalue weighted by Gasteiger charge is -2.17. The summed E-state index contributed by atoms with van der Waals surface area (Å²) >= 11 is 0. The zero-order valence-electron chi connectivity index (χ0n) is 18.0. The van der Waals surface area contributed by atoms with Crippen molar-refractivity contribution < 1.29 is 33.7 Å². The number of quaternary nitrogens is 1. The maximum absolute atomic E-state index is 13.0. The second-order valence-electron chi connectivity index (χ2n) is 6.97. The summed E-state index contributed by atoms with van der Waals surface area (Å²) in [6, 6.07) is 6.64. The van der Waals surface area contributed by atoms with Crippen LogP contribution in [0.3, 0.4) is 0 Å². The van der Waals surface area contributed by atoms with Gasteiger partial charge in [-0.1, -0.05) is 0 Å². The number of carbonyl (C=O) groups excluding carboxylic acids is 1. The van der Waals surface area contributed by atoms with E-state index in [0.29, 0.717) is 46.2 Å². The maximum Gasteiger partial charge on any atom is 0.231 e. The van der Waals surface area contributed by atoms with Crippen LogP contribution in [-0.2, 0) is 6.54 Å². The Hall–Kier alpha value is -3.19. The molecule has 2 aromatic carbocycles. The summed E-state index contributed by atoms with van der Waals surface area (Å²) < 4.78 is 22.1. The van der Waals surface area contributed by atoms with Crippen LogP contribution in [0.5, 0.6) is 28.7 Å². The second-order valence-corrected chi connectivity index (χ2v) is 6.97. The van der Waals surface area contributed by atoms with Gasteiger partial charge in [-0.25, -0.2) is 0 Å². The van der Waals surface area contributed by atoms with Crippen LogP contribution in [0.2, 0.25) is 0 Å². The first-order chi connectivity index (χ1) is 14.5. The predicted octanol–water partition coefficient (Wildman–Crippen LogP) is 2.46. The van der Waals surface area contributed by atoms with Gasteiger partial charge in [-0.2, -0.15) is 0 Å². The van der Waals surface area contributed by atoms with Crippen LogP contribution in [0.15, 0.2) is 30.0 Å². The van der Waals surface area contributed by atoms with Crippen molar-refractivity contribution in [2.45, 2.75) is 20.4 Å². The largest absolute Gasteiger partial charge is 0.507 e. The third-order valence-corrected chi connectivity index (χ3v) is 5.33. The standard InChI is InChI=1S/C23H27NO6/c1-6-24(7-2)13-16-17(25)9-8-15-21(26)18(30-22(15)16)10-14-11-19(27-3)23(29-5)20(12-14)28-4/h8-12,25H,6-7,13H2,1-5H3/p+1. The first-order valence-corrected chi connectivity index (χ1v) is 9.89. The maximum atomic E-state index is 13.0. The van der Waals surface area contributed by atoms with Gasteiger partial charge in [-0.15, -0.1) is 0 Å². The van der Waals surface area contributed by atoms with E-state index in [0.717, 1.165) is 13.1 Å². The molecule has 1 aliphatic heterocycles. The van der Waals surface area contributed by atoms with Gasteiger partial charge in [0.1, 0.15) is 12.3 Å². The van der Waals surface area contributed by atoms with Crippen LogP contribution in [0.25, 0.3) is 6.08 Å². The number of hydrogen-bond acceptors (Lipinski definition) is 6. The van der Waals surface area contributed by atoms with Crippen molar-refractivity contribution in [3.63, 3.8) is 0 Å². The highest BCUT2D eigenvalue weighted by Gasteiger charge is 2.32. The molecule has 7 heteroatoms. The number of rotatable bonds is 8. The predicted molar refractivity (Wildman–Crippen MR) is 113 cm³/mol. The van der Waals surface area contributed by atoms with Crippen LogP contribution in [0.1, 0.15) is 35.3 Å². The first-order valence-electron chi connectivity index (χ1n) is 9.89. The summed E-state index contributed by atoms with van der Waals surface area (Å²) in [6.07, 6.45) is 1.64. The summed E-state index contributed by atoms with van der Waals surface area (Å²) in [5.74, 6) is 1.95. The highest BCUT2D eigenvalue weighted by molar-refractivity contribution is 6.15. The first kappa shape index (κ1) is 21.5. The van der Waals surface area contributed by atoms with Gasteiger partial charge < -0.3 is 29.0 Å². The molecule has 3 rings (SSSR count). The number of benzene rings is 2. The normalized spacial score (nSPS) is 14.1. The minimum absolute atomic E-state index is 0.134. The number of methoxy groups -OCH3 is 3. The topological polar surface area (TPSA) is 78.7 Å². The zero-order valence-corrected chi connectivity index (χ0v) is 18.0. The van der Waals surface area contributed by atoms with Crippen molar-refractivity contribution in [1.82, 2.24) is 0 Å². The Labute approximate surface area is 176 Å². The molecule has 30 heavy (non-hydrogen) atoms. The average molecular weight is 414 g/mol. The Morgan fingerprint density at radius 2 is 1.67 bits per heavy atom. The summed E-state index contributed by atoms with van der Waals surface area (Å²) in [7, 11) is 4.60. The van der Waals surface area contributed by atoms with Crippen LogP contribution in [-0.4, -0.2) is 45.3 Å². The van der Waals surface area contributed by atoms with Gasteiger partial charge in [0, 0.05) is 0 Å². The van der Waals surface area contributed by atoms with Crippen molar-refractivity contribution in [3.8, 4) is 28.7 Å². The van der Waals surface area contributed by atoms with E-state index in [2.05, 4.69) is 13.8 Å². The van der Waals surface area contributed by atoms with Crippen LogP contribution in [0, 0.1) is 0 Å². The number of aromatic hydroxyl groups is 1. The molecule has 0 atom stereocenters. The Kier molecular flexibility index (Phi) is 6.52. The summed E-state index contributed by atoms with van der Waals surface area (Å²) in [5.41, 5.74) is 1.77. The van der Waals surface area contributed by atoms with E-state index in [1.807, 2.05) is 0 Å². The minimum Gasteiger partial charge on any atom is -0.507 e. The van der Waals surface area contributed by atoms with Gasteiger partial charge in [-0.3, -0.25) is 4.79 Å². The smallest absolute Gasteiger partial charge is 0.231 e. The number of Topliss-reactive ketones (excluding diaryl/α,β-unsaturated/α-hetero) is 1. The molecule has 0 amide bonds. The van der Waals surface area contributed by atoms with E-state index in [1.54, 1.807) is 30.3 Å². The minimum atomic E-state index is -0.227. The molecule has 7 nitrogen and oxygen atoms in total. The van der Waals surface area contributed by atoms with Crippen molar-refractivity contribution >= 4 is 11.9 Å². The monoisotopic (exact) mass is 414 g/mol. The fraction of sp³-hybridized carbons (Fsp3) is 0.348. The molecule has 0 unspecified atom stereocenters. The highest BCUT2D eigenvalue weighted by atomic mass is 16.5. The van der Waals surface area contributed by atoms with Gasteiger partial charge in [-0.05, 0) is 49.8 Å². The van der Waals surface area contributed by atoms with E-state index in [4.69, 9.17) is 18.9 Å².